The number of H-pyrrole nitrogens is 1. The number of nitrogens with one attached hydrogen (secondary N) is 2. The van der Waals surface area contributed by atoms with E-state index in [1.54, 1.807) is 11.9 Å². The van der Waals surface area contributed by atoms with Crippen molar-refractivity contribution in [1.82, 2.24) is 25.1 Å². The summed E-state index contributed by atoms with van der Waals surface area (Å²) in [5.74, 6) is 1.81. The summed E-state index contributed by atoms with van der Waals surface area (Å²) in [4.78, 5) is 28.0. The SMILES string of the molecule is CCOC(=O)N1CCN(C(=NC)NCCc2nc3ccccc3[nH]2)CC1. The van der Waals surface area contributed by atoms with Gasteiger partial charge in [-0.25, -0.2) is 9.78 Å². The van der Waals surface area contributed by atoms with Crippen LogP contribution in [0.5, 0.6) is 0 Å². The molecule has 1 aromatic carbocycles. The number of imidazole rings is 1. The van der Waals surface area contributed by atoms with Crippen molar-refractivity contribution in [3.8, 4) is 0 Å². The Morgan fingerprint density at radius 3 is 2.69 bits per heavy atom. The van der Waals surface area contributed by atoms with Gasteiger partial charge in [-0.3, -0.25) is 4.99 Å². The van der Waals surface area contributed by atoms with E-state index in [1.807, 2.05) is 31.2 Å². The largest absolute Gasteiger partial charge is 0.450 e. The Morgan fingerprint density at radius 1 is 1.27 bits per heavy atom. The van der Waals surface area contributed by atoms with Crippen LogP contribution in [0, 0.1) is 0 Å². The van der Waals surface area contributed by atoms with Gasteiger partial charge >= 0.3 is 6.09 Å². The minimum absolute atomic E-state index is 0.236. The van der Waals surface area contributed by atoms with E-state index in [2.05, 4.69) is 25.2 Å². The van der Waals surface area contributed by atoms with E-state index in [0.717, 1.165) is 48.9 Å². The smallest absolute Gasteiger partial charge is 0.409 e. The highest BCUT2D eigenvalue weighted by Gasteiger charge is 2.23. The number of amides is 1. The van der Waals surface area contributed by atoms with Crippen molar-refractivity contribution in [3.63, 3.8) is 0 Å². The first kappa shape index (κ1) is 18.0. The predicted octanol–water partition coefficient (Wildman–Crippen LogP) is 1.45. The van der Waals surface area contributed by atoms with Gasteiger partial charge in [0.1, 0.15) is 5.82 Å². The lowest BCUT2D eigenvalue weighted by molar-refractivity contribution is 0.0914. The van der Waals surface area contributed by atoms with E-state index in [1.165, 1.54) is 0 Å². The van der Waals surface area contributed by atoms with Crippen molar-refractivity contribution < 1.29 is 9.53 Å². The Morgan fingerprint density at radius 2 is 2.00 bits per heavy atom. The number of benzene rings is 1. The number of ether oxygens (including phenoxy) is 1. The average Bonchev–Trinajstić information content (AvgIpc) is 3.08. The molecule has 0 aliphatic carbocycles. The van der Waals surface area contributed by atoms with Gasteiger partial charge in [0.2, 0.25) is 0 Å². The summed E-state index contributed by atoms with van der Waals surface area (Å²) in [6.45, 7) is 5.73. The van der Waals surface area contributed by atoms with Gasteiger partial charge < -0.3 is 24.8 Å². The number of piperazine rings is 1. The molecule has 1 aliphatic heterocycles. The Hall–Kier alpha value is -2.77. The quantitative estimate of drug-likeness (QED) is 0.638. The molecule has 2 N–H and O–H groups in total. The molecule has 1 aromatic heterocycles. The lowest BCUT2D eigenvalue weighted by atomic mass is 10.3. The zero-order chi connectivity index (χ0) is 18.4. The Labute approximate surface area is 153 Å². The van der Waals surface area contributed by atoms with Crippen molar-refractivity contribution in [2.75, 3.05) is 46.4 Å². The predicted molar refractivity (Wildman–Crippen MR) is 101 cm³/mol. The number of fused-ring (bicyclic) bond motifs is 1. The molecule has 0 saturated carbocycles. The maximum Gasteiger partial charge on any atom is 0.409 e. The van der Waals surface area contributed by atoms with Crippen LogP contribution in [0.25, 0.3) is 11.0 Å². The van der Waals surface area contributed by atoms with Crippen LogP contribution in [0.3, 0.4) is 0 Å². The zero-order valence-electron chi connectivity index (χ0n) is 15.4. The number of guanidine groups is 1. The fourth-order valence-corrected chi connectivity index (χ4v) is 3.06. The molecular formula is C18H26N6O2. The van der Waals surface area contributed by atoms with E-state index in [4.69, 9.17) is 4.74 Å². The fourth-order valence-electron chi connectivity index (χ4n) is 3.06. The first-order chi connectivity index (χ1) is 12.7. The van der Waals surface area contributed by atoms with Gasteiger partial charge in [-0.2, -0.15) is 0 Å². The van der Waals surface area contributed by atoms with E-state index in [9.17, 15) is 4.79 Å². The second-order valence-electron chi connectivity index (χ2n) is 6.10. The number of aromatic amines is 1. The maximum absolute atomic E-state index is 11.8. The second-order valence-corrected chi connectivity index (χ2v) is 6.10. The molecule has 1 amide bonds. The van der Waals surface area contributed by atoms with Gasteiger partial charge in [-0.1, -0.05) is 12.1 Å². The number of aromatic nitrogens is 2. The third kappa shape index (κ3) is 4.25. The molecule has 1 fully saturated rings. The molecule has 2 aromatic rings. The molecule has 8 heteroatoms. The van der Waals surface area contributed by atoms with E-state index < -0.39 is 0 Å². The van der Waals surface area contributed by atoms with Gasteiger partial charge in [0.25, 0.3) is 0 Å². The first-order valence-corrected chi connectivity index (χ1v) is 9.02. The number of hydrogen-bond donors (Lipinski definition) is 2. The summed E-state index contributed by atoms with van der Waals surface area (Å²) in [6, 6.07) is 8.02. The number of aliphatic imine (C=N–C) groups is 1. The molecule has 3 rings (SSSR count). The van der Waals surface area contributed by atoms with Crippen LogP contribution in [-0.4, -0.2) is 78.2 Å². The number of rotatable bonds is 4. The summed E-state index contributed by atoms with van der Waals surface area (Å²) < 4.78 is 5.05. The van der Waals surface area contributed by atoms with Crippen LogP contribution < -0.4 is 5.32 Å². The van der Waals surface area contributed by atoms with E-state index in [0.29, 0.717) is 19.7 Å². The highest BCUT2D eigenvalue weighted by Crippen LogP contribution is 2.10. The fraction of sp³-hybridized carbons (Fsp3) is 0.500. The number of hydrogen-bond acceptors (Lipinski definition) is 4. The molecule has 2 heterocycles. The Bertz CT molecular complexity index is 731. The zero-order valence-corrected chi connectivity index (χ0v) is 15.4. The molecule has 0 atom stereocenters. The molecular weight excluding hydrogens is 332 g/mol. The van der Waals surface area contributed by atoms with Gasteiger partial charge in [-0.15, -0.1) is 0 Å². The monoisotopic (exact) mass is 358 g/mol. The van der Waals surface area contributed by atoms with E-state index in [-0.39, 0.29) is 6.09 Å². The number of para-hydroxylation sites is 2. The molecule has 1 saturated heterocycles. The standard InChI is InChI=1S/C18H26N6O2/c1-3-26-18(25)24-12-10-23(11-13-24)17(19-2)20-9-8-16-21-14-6-4-5-7-15(14)22-16/h4-7H,3,8-13H2,1-2H3,(H,19,20)(H,21,22). The summed E-state index contributed by atoms with van der Waals surface area (Å²) in [7, 11) is 1.78. The van der Waals surface area contributed by atoms with Crippen molar-refractivity contribution in [1.29, 1.82) is 0 Å². The first-order valence-electron chi connectivity index (χ1n) is 9.02. The minimum Gasteiger partial charge on any atom is -0.450 e. The molecule has 26 heavy (non-hydrogen) atoms. The maximum atomic E-state index is 11.8. The normalized spacial score (nSPS) is 15.4. The molecule has 1 aliphatic rings. The summed E-state index contributed by atoms with van der Waals surface area (Å²) in [5, 5.41) is 3.38. The number of nitrogens with zero attached hydrogens (tertiary/aromatic N) is 4. The third-order valence-electron chi connectivity index (χ3n) is 4.40. The molecule has 0 radical (unpaired) electrons. The highest BCUT2D eigenvalue weighted by molar-refractivity contribution is 5.80. The molecule has 8 nitrogen and oxygen atoms in total. The van der Waals surface area contributed by atoms with Gasteiger partial charge in [0.05, 0.1) is 17.6 Å². The third-order valence-corrected chi connectivity index (χ3v) is 4.40. The van der Waals surface area contributed by atoms with Gasteiger partial charge in [0, 0.05) is 46.2 Å². The van der Waals surface area contributed by atoms with Crippen molar-refractivity contribution >= 4 is 23.1 Å². The van der Waals surface area contributed by atoms with Crippen LogP contribution >= 0.6 is 0 Å². The molecule has 0 unspecified atom stereocenters. The van der Waals surface area contributed by atoms with Crippen molar-refractivity contribution in [2.24, 2.45) is 4.99 Å². The highest BCUT2D eigenvalue weighted by atomic mass is 16.6. The summed E-state index contributed by atoms with van der Waals surface area (Å²) in [6.07, 6.45) is 0.552. The van der Waals surface area contributed by atoms with Crippen LogP contribution in [-0.2, 0) is 11.2 Å². The second kappa shape index (κ2) is 8.55. The minimum atomic E-state index is -0.236. The van der Waals surface area contributed by atoms with Crippen molar-refractivity contribution in [3.05, 3.63) is 30.1 Å². The van der Waals surface area contributed by atoms with Crippen LogP contribution in [0.4, 0.5) is 4.79 Å². The Kier molecular flexibility index (Phi) is 5.93. The lowest BCUT2D eigenvalue weighted by Gasteiger charge is -2.35. The van der Waals surface area contributed by atoms with Gasteiger partial charge in [0.15, 0.2) is 5.96 Å². The topological polar surface area (TPSA) is 85.8 Å². The van der Waals surface area contributed by atoms with Crippen LogP contribution in [0.15, 0.2) is 29.3 Å². The molecule has 140 valence electrons. The van der Waals surface area contributed by atoms with Gasteiger partial charge in [-0.05, 0) is 19.1 Å². The number of carbonyl (C=O) groups excluding carboxylic acids is 1. The average molecular weight is 358 g/mol. The molecule has 0 spiro atoms. The summed E-state index contributed by atoms with van der Waals surface area (Å²) >= 11 is 0. The van der Waals surface area contributed by atoms with Crippen molar-refractivity contribution in [2.45, 2.75) is 13.3 Å². The van der Waals surface area contributed by atoms with Crippen LogP contribution in [0.1, 0.15) is 12.7 Å². The van der Waals surface area contributed by atoms with E-state index >= 15 is 0 Å². The summed E-state index contributed by atoms with van der Waals surface area (Å²) in [5.41, 5.74) is 2.05. The lowest BCUT2D eigenvalue weighted by Crippen LogP contribution is -2.54. The number of carbonyl (C=O) groups is 1. The molecule has 0 bridgehead atoms. The Balaban J connectivity index is 1.47. The van der Waals surface area contributed by atoms with Crippen LogP contribution in [0.2, 0.25) is 0 Å².